The van der Waals surface area contributed by atoms with Crippen molar-refractivity contribution < 1.29 is 20.4 Å². The van der Waals surface area contributed by atoms with Crippen LogP contribution in [0.1, 0.15) is 6.42 Å². The second kappa shape index (κ2) is 3.97. The first-order chi connectivity index (χ1) is 7.08. The third-order valence-electron chi connectivity index (χ3n) is 3.32. The Morgan fingerprint density at radius 3 is 2.80 bits per heavy atom. The van der Waals surface area contributed by atoms with Gasteiger partial charge in [0.2, 0.25) is 0 Å². The standard InChI is InChI=1S/C9H18N2O4/c12-5-9(15)4-11-3-1-2-10-8(11)6(13)7(9)14/h6-8,10,12-15H,1-5H2. The van der Waals surface area contributed by atoms with Crippen LogP contribution in [0.25, 0.3) is 0 Å². The Morgan fingerprint density at radius 1 is 1.40 bits per heavy atom. The van der Waals surface area contributed by atoms with Crippen molar-refractivity contribution in [2.75, 3.05) is 26.2 Å². The summed E-state index contributed by atoms with van der Waals surface area (Å²) in [5.74, 6) is 0. The van der Waals surface area contributed by atoms with Crippen molar-refractivity contribution in [3.8, 4) is 0 Å². The third kappa shape index (κ3) is 1.77. The van der Waals surface area contributed by atoms with Gasteiger partial charge in [0.1, 0.15) is 17.8 Å². The minimum atomic E-state index is -1.62. The molecule has 0 saturated carbocycles. The molecule has 0 aromatic carbocycles. The fraction of sp³-hybridized carbons (Fsp3) is 1.00. The van der Waals surface area contributed by atoms with Gasteiger partial charge in [0.15, 0.2) is 0 Å². The molecule has 2 heterocycles. The van der Waals surface area contributed by atoms with Gasteiger partial charge in [0.25, 0.3) is 0 Å². The van der Waals surface area contributed by atoms with Crippen molar-refractivity contribution in [2.24, 2.45) is 0 Å². The number of rotatable bonds is 1. The van der Waals surface area contributed by atoms with E-state index in [0.717, 1.165) is 19.5 Å². The van der Waals surface area contributed by atoms with Gasteiger partial charge in [0, 0.05) is 13.1 Å². The molecule has 2 aliphatic heterocycles. The summed E-state index contributed by atoms with van der Waals surface area (Å²) in [6.07, 6.45) is -1.77. The minimum Gasteiger partial charge on any atom is -0.393 e. The Labute approximate surface area is 88.1 Å². The van der Waals surface area contributed by atoms with Gasteiger partial charge < -0.3 is 20.4 Å². The molecule has 2 aliphatic rings. The molecular weight excluding hydrogens is 200 g/mol. The predicted octanol–water partition coefficient (Wildman–Crippen LogP) is -2.93. The molecule has 15 heavy (non-hydrogen) atoms. The lowest BCUT2D eigenvalue weighted by Crippen LogP contribution is -2.73. The zero-order valence-corrected chi connectivity index (χ0v) is 8.50. The Kier molecular flexibility index (Phi) is 2.98. The molecule has 0 aliphatic carbocycles. The number of hydrogen-bond donors (Lipinski definition) is 5. The Bertz CT molecular complexity index is 236. The number of aliphatic hydroxyl groups excluding tert-OH is 3. The maximum atomic E-state index is 9.93. The quantitative estimate of drug-likeness (QED) is 0.323. The van der Waals surface area contributed by atoms with Crippen molar-refractivity contribution in [2.45, 2.75) is 30.4 Å². The number of fused-ring (bicyclic) bond motifs is 1. The van der Waals surface area contributed by atoms with Crippen LogP contribution in [0.2, 0.25) is 0 Å². The lowest BCUT2D eigenvalue weighted by atomic mass is 9.85. The highest BCUT2D eigenvalue weighted by Gasteiger charge is 2.50. The van der Waals surface area contributed by atoms with Crippen LogP contribution >= 0.6 is 0 Å². The van der Waals surface area contributed by atoms with Crippen LogP contribution in [0, 0.1) is 0 Å². The first-order valence-corrected chi connectivity index (χ1v) is 5.25. The maximum absolute atomic E-state index is 9.93. The lowest BCUT2D eigenvalue weighted by Gasteiger charge is -2.51. The van der Waals surface area contributed by atoms with Gasteiger partial charge in [0.05, 0.1) is 12.8 Å². The van der Waals surface area contributed by atoms with Gasteiger partial charge in [-0.2, -0.15) is 0 Å². The Balaban J connectivity index is 2.17. The fourth-order valence-electron chi connectivity index (χ4n) is 2.39. The summed E-state index contributed by atoms with van der Waals surface area (Å²) in [6, 6.07) is 0. The SMILES string of the molecule is OCC1(O)CN2CCCNC2C(O)C1O. The van der Waals surface area contributed by atoms with E-state index in [2.05, 4.69) is 5.32 Å². The van der Waals surface area contributed by atoms with Crippen LogP contribution in [0.5, 0.6) is 0 Å². The second-order valence-corrected chi connectivity index (χ2v) is 4.42. The average molecular weight is 218 g/mol. The van der Waals surface area contributed by atoms with Crippen molar-refractivity contribution >= 4 is 0 Å². The first kappa shape index (κ1) is 11.3. The van der Waals surface area contributed by atoms with E-state index in [-0.39, 0.29) is 12.7 Å². The fourth-order valence-corrected chi connectivity index (χ4v) is 2.39. The molecule has 88 valence electrons. The lowest BCUT2D eigenvalue weighted by molar-refractivity contribution is -0.212. The van der Waals surface area contributed by atoms with E-state index in [1.807, 2.05) is 4.90 Å². The number of piperidine rings is 1. The number of hydrogen-bond acceptors (Lipinski definition) is 6. The molecule has 0 bridgehead atoms. The molecule has 5 N–H and O–H groups in total. The van der Waals surface area contributed by atoms with E-state index in [1.165, 1.54) is 0 Å². The molecule has 0 aromatic heterocycles. The second-order valence-electron chi connectivity index (χ2n) is 4.42. The van der Waals surface area contributed by atoms with Crippen LogP contribution in [-0.2, 0) is 0 Å². The highest BCUT2D eigenvalue weighted by molar-refractivity contribution is 5.03. The van der Waals surface area contributed by atoms with Crippen LogP contribution < -0.4 is 5.32 Å². The molecule has 0 spiro atoms. The first-order valence-electron chi connectivity index (χ1n) is 5.25. The van der Waals surface area contributed by atoms with Crippen LogP contribution in [0.4, 0.5) is 0 Å². The van der Waals surface area contributed by atoms with Gasteiger partial charge in [-0.05, 0) is 13.0 Å². The molecule has 0 amide bonds. The van der Waals surface area contributed by atoms with Gasteiger partial charge in [-0.3, -0.25) is 10.2 Å². The largest absolute Gasteiger partial charge is 0.393 e. The minimum absolute atomic E-state index is 0.180. The molecule has 4 atom stereocenters. The highest BCUT2D eigenvalue weighted by Crippen LogP contribution is 2.26. The smallest absolute Gasteiger partial charge is 0.129 e. The van der Waals surface area contributed by atoms with Crippen molar-refractivity contribution in [3.05, 3.63) is 0 Å². The van der Waals surface area contributed by atoms with Crippen molar-refractivity contribution in [3.63, 3.8) is 0 Å². The van der Waals surface area contributed by atoms with Crippen LogP contribution in [0.15, 0.2) is 0 Å². The van der Waals surface area contributed by atoms with E-state index >= 15 is 0 Å². The van der Waals surface area contributed by atoms with Gasteiger partial charge >= 0.3 is 0 Å². The number of aliphatic hydroxyl groups is 4. The van der Waals surface area contributed by atoms with E-state index in [9.17, 15) is 15.3 Å². The Hall–Kier alpha value is -0.240. The molecule has 6 nitrogen and oxygen atoms in total. The van der Waals surface area contributed by atoms with Crippen molar-refractivity contribution in [1.82, 2.24) is 10.2 Å². The topological polar surface area (TPSA) is 96.2 Å². The summed E-state index contributed by atoms with van der Waals surface area (Å²) in [4.78, 5) is 1.86. The predicted molar refractivity (Wildman–Crippen MR) is 52.0 cm³/mol. The molecular formula is C9H18N2O4. The van der Waals surface area contributed by atoms with E-state index < -0.39 is 24.4 Å². The zero-order chi connectivity index (χ0) is 11.1. The average Bonchev–Trinajstić information content (AvgIpc) is 2.26. The van der Waals surface area contributed by atoms with Gasteiger partial charge in [-0.15, -0.1) is 0 Å². The van der Waals surface area contributed by atoms with E-state index in [1.54, 1.807) is 0 Å². The molecule has 4 unspecified atom stereocenters. The zero-order valence-electron chi connectivity index (χ0n) is 8.50. The summed E-state index contributed by atoms with van der Waals surface area (Å²) in [5.41, 5.74) is -1.62. The van der Waals surface area contributed by atoms with E-state index in [0.29, 0.717) is 0 Å². The molecule has 2 fully saturated rings. The van der Waals surface area contributed by atoms with E-state index in [4.69, 9.17) is 5.11 Å². The molecule has 2 rings (SSSR count). The monoisotopic (exact) mass is 218 g/mol. The molecule has 6 heteroatoms. The summed E-state index contributed by atoms with van der Waals surface area (Å²) in [5, 5.41) is 41.6. The summed E-state index contributed by atoms with van der Waals surface area (Å²) < 4.78 is 0. The molecule has 2 saturated heterocycles. The summed E-state index contributed by atoms with van der Waals surface area (Å²) >= 11 is 0. The van der Waals surface area contributed by atoms with Gasteiger partial charge in [-0.25, -0.2) is 0 Å². The highest BCUT2D eigenvalue weighted by atomic mass is 16.4. The van der Waals surface area contributed by atoms with Gasteiger partial charge in [-0.1, -0.05) is 0 Å². The molecule has 0 aromatic rings. The summed E-state index contributed by atoms with van der Waals surface area (Å²) in [6.45, 7) is 1.18. The van der Waals surface area contributed by atoms with Crippen molar-refractivity contribution in [1.29, 1.82) is 0 Å². The number of nitrogens with one attached hydrogen (secondary N) is 1. The molecule has 0 radical (unpaired) electrons. The van der Waals surface area contributed by atoms with Crippen LogP contribution in [-0.4, -0.2) is 75.5 Å². The van der Waals surface area contributed by atoms with Crippen LogP contribution in [0.3, 0.4) is 0 Å². The number of nitrogens with zero attached hydrogens (tertiary/aromatic N) is 1. The Morgan fingerprint density at radius 2 is 2.13 bits per heavy atom. The normalized spacial score (nSPS) is 47.6. The summed E-state index contributed by atoms with van der Waals surface area (Å²) in [7, 11) is 0. The maximum Gasteiger partial charge on any atom is 0.129 e. The third-order valence-corrected chi connectivity index (χ3v) is 3.32.